The van der Waals surface area contributed by atoms with Crippen LogP contribution in [0, 0.1) is 22.7 Å². The number of rotatable bonds is 4. The summed E-state index contributed by atoms with van der Waals surface area (Å²) < 4.78 is 21.4. The molecule has 9 heteroatoms. The smallest absolute Gasteiger partial charge is 0.250 e. The van der Waals surface area contributed by atoms with Crippen LogP contribution >= 0.6 is 22.4 Å². The van der Waals surface area contributed by atoms with Crippen molar-refractivity contribution in [2.24, 2.45) is 0 Å². The lowest BCUT2D eigenvalue weighted by molar-refractivity contribution is 0.606. The minimum Gasteiger partial charge on any atom is -0.250 e. The van der Waals surface area contributed by atoms with Crippen LogP contribution in [-0.2, 0) is 14.8 Å². The molecule has 0 fully saturated rings. The first-order chi connectivity index (χ1) is 13.4. The summed E-state index contributed by atoms with van der Waals surface area (Å²) >= 11 is 1.64. The summed E-state index contributed by atoms with van der Waals surface area (Å²) in [4.78, 5) is 7.70. The van der Waals surface area contributed by atoms with E-state index in [4.69, 9.17) is 21.2 Å². The monoisotopic (exact) mass is 428 g/mol. The highest BCUT2D eigenvalue weighted by atomic mass is 35.7. The van der Waals surface area contributed by atoms with Crippen molar-refractivity contribution < 1.29 is 8.42 Å². The first-order valence-corrected chi connectivity index (χ1v) is 11.1. The molecule has 140 valence electrons. The molecule has 1 aromatic carbocycles. The molecule has 0 radical (unpaired) electrons. The maximum absolute atomic E-state index is 10.7. The molecule has 0 amide bonds. The highest BCUT2D eigenvalue weighted by Gasteiger charge is 2.11. The van der Waals surface area contributed by atoms with E-state index in [0.29, 0.717) is 5.56 Å². The van der Waals surface area contributed by atoms with Crippen LogP contribution in [0.25, 0.3) is 0 Å². The van der Waals surface area contributed by atoms with Crippen molar-refractivity contribution >= 4 is 31.5 Å². The molecule has 28 heavy (non-hydrogen) atoms. The van der Waals surface area contributed by atoms with Gasteiger partial charge in [-0.25, -0.2) is 18.4 Å². The van der Waals surface area contributed by atoms with Gasteiger partial charge in [0.1, 0.15) is 0 Å². The van der Waals surface area contributed by atoms with Gasteiger partial charge in [0.05, 0.1) is 28.3 Å². The molecular formula is C19H13ClN4O2S2. The van der Waals surface area contributed by atoms with Gasteiger partial charge in [0.25, 0.3) is 9.05 Å². The Morgan fingerprint density at radius 3 is 2.14 bits per heavy atom. The van der Waals surface area contributed by atoms with Crippen molar-refractivity contribution in [2.45, 2.75) is 15.8 Å². The predicted molar refractivity (Wildman–Crippen MR) is 107 cm³/mol. The van der Waals surface area contributed by atoms with Gasteiger partial charge in [-0.15, -0.1) is 11.8 Å². The van der Waals surface area contributed by atoms with Gasteiger partial charge >= 0.3 is 0 Å². The van der Waals surface area contributed by atoms with Crippen molar-refractivity contribution in [2.75, 3.05) is 0 Å². The first kappa shape index (κ1) is 21.4. The van der Waals surface area contributed by atoms with Gasteiger partial charge < -0.3 is 0 Å². The number of nitrogens with zero attached hydrogens (tertiary/aromatic N) is 4. The minimum atomic E-state index is -3.83. The van der Waals surface area contributed by atoms with Crippen LogP contribution in [0.2, 0.25) is 0 Å². The van der Waals surface area contributed by atoms with E-state index in [2.05, 4.69) is 28.2 Å². The zero-order valence-corrected chi connectivity index (χ0v) is 16.7. The molecule has 0 spiro atoms. The molecule has 0 aliphatic rings. The molecule has 2 heterocycles. The van der Waals surface area contributed by atoms with Crippen LogP contribution in [0.1, 0.15) is 16.7 Å². The van der Waals surface area contributed by atoms with Gasteiger partial charge in [0, 0.05) is 28.8 Å². The molecule has 6 nitrogen and oxygen atoms in total. The van der Waals surface area contributed by atoms with Gasteiger partial charge in [-0.05, 0) is 29.8 Å². The lowest BCUT2D eigenvalue weighted by atomic mass is 10.2. The highest BCUT2D eigenvalue weighted by Crippen LogP contribution is 2.21. The first-order valence-electron chi connectivity index (χ1n) is 7.76. The number of pyridine rings is 2. The number of thioether (sulfide) groups is 1. The van der Waals surface area contributed by atoms with Crippen LogP contribution in [-0.4, -0.2) is 18.4 Å². The van der Waals surface area contributed by atoms with E-state index < -0.39 is 9.05 Å². The van der Waals surface area contributed by atoms with Crippen molar-refractivity contribution in [1.29, 1.82) is 10.5 Å². The molecule has 3 rings (SSSR count). The van der Waals surface area contributed by atoms with E-state index in [9.17, 15) is 8.42 Å². The Balaban J connectivity index is 0.000000209. The van der Waals surface area contributed by atoms with Crippen molar-refractivity contribution in [3.63, 3.8) is 0 Å². The summed E-state index contributed by atoms with van der Waals surface area (Å²) in [5.41, 5.74) is 2.13. The summed E-state index contributed by atoms with van der Waals surface area (Å²) in [5.74, 6) is 0.878. The SMILES string of the molecule is N#Cc1ccnc(S(=O)(=O)Cl)c1.N#Cc1ccnc(SCc2ccccc2)c1. The third-order valence-electron chi connectivity index (χ3n) is 3.21. The summed E-state index contributed by atoms with van der Waals surface area (Å²) in [6, 6.07) is 20.1. The van der Waals surface area contributed by atoms with E-state index in [1.165, 1.54) is 17.8 Å². The van der Waals surface area contributed by atoms with Crippen molar-refractivity contribution in [3.8, 4) is 12.1 Å². The van der Waals surface area contributed by atoms with E-state index in [0.717, 1.165) is 16.8 Å². The maximum Gasteiger partial charge on any atom is 0.278 e. The van der Waals surface area contributed by atoms with E-state index in [-0.39, 0.29) is 10.6 Å². The highest BCUT2D eigenvalue weighted by molar-refractivity contribution is 8.13. The fourth-order valence-electron chi connectivity index (χ4n) is 1.90. The third-order valence-corrected chi connectivity index (χ3v) is 5.40. The van der Waals surface area contributed by atoms with Gasteiger partial charge in [-0.2, -0.15) is 10.5 Å². The largest absolute Gasteiger partial charge is 0.278 e. The molecule has 3 aromatic rings. The Morgan fingerprint density at radius 2 is 1.54 bits per heavy atom. The predicted octanol–water partition coefficient (Wildman–Crippen LogP) is 4.13. The average molecular weight is 429 g/mol. The molecule has 0 saturated heterocycles. The molecule has 0 atom stereocenters. The molecule has 0 N–H and O–H groups in total. The van der Waals surface area contributed by atoms with Gasteiger partial charge in [-0.3, -0.25) is 0 Å². The maximum atomic E-state index is 10.7. The average Bonchev–Trinajstić information content (AvgIpc) is 2.73. The molecule has 0 saturated carbocycles. The lowest BCUT2D eigenvalue weighted by Gasteiger charge is -2.00. The second-order valence-corrected chi connectivity index (χ2v) is 8.71. The van der Waals surface area contributed by atoms with Crippen LogP contribution in [0.4, 0.5) is 0 Å². The zero-order valence-electron chi connectivity index (χ0n) is 14.4. The van der Waals surface area contributed by atoms with Gasteiger partial charge in [0.2, 0.25) is 0 Å². The third kappa shape index (κ3) is 7.01. The summed E-state index contributed by atoms with van der Waals surface area (Å²) in [6.45, 7) is 0. The van der Waals surface area contributed by atoms with Gasteiger partial charge in [0.15, 0.2) is 5.03 Å². The number of nitriles is 2. The Bertz CT molecular complexity index is 1120. The van der Waals surface area contributed by atoms with Crippen LogP contribution in [0.15, 0.2) is 77.0 Å². The molecule has 0 unspecified atom stereocenters. The van der Waals surface area contributed by atoms with E-state index >= 15 is 0 Å². The normalized spacial score (nSPS) is 10.1. The number of halogens is 1. The van der Waals surface area contributed by atoms with E-state index in [1.807, 2.05) is 24.3 Å². The fourth-order valence-corrected chi connectivity index (χ4v) is 3.46. The summed E-state index contributed by atoms with van der Waals surface area (Å²) in [5, 5.41) is 17.8. The summed E-state index contributed by atoms with van der Waals surface area (Å²) in [6.07, 6.45) is 2.89. The Labute approximate surface area is 171 Å². The van der Waals surface area contributed by atoms with Gasteiger partial charge in [-0.1, -0.05) is 30.3 Å². The van der Waals surface area contributed by atoms with Crippen molar-refractivity contribution in [1.82, 2.24) is 9.97 Å². The van der Waals surface area contributed by atoms with Crippen LogP contribution in [0.5, 0.6) is 0 Å². The number of hydrogen-bond donors (Lipinski definition) is 0. The van der Waals surface area contributed by atoms with E-state index in [1.54, 1.807) is 30.1 Å². The number of aromatic nitrogens is 2. The van der Waals surface area contributed by atoms with Crippen molar-refractivity contribution in [3.05, 3.63) is 83.7 Å². The standard InChI is InChI=1S/C13H10N2S.C6H3ClN2O2S/c14-9-12-6-7-15-13(8-12)16-10-11-4-2-1-3-5-11;7-12(10,11)6-3-5(4-8)1-2-9-6/h1-8H,10H2;1-3H. The summed E-state index contributed by atoms with van der Waals surface area (Å²) in [7, 11) is 1.16. The quantitative estimate of drug-likeness (QED) is 0.454. The second-order valence-electron chi connectivity index (χ2n) is 5.20. The fraction of sp³-hybridized carbons (Fsp3) is 0.0526. The Morgan fingerprint density at radius 1 is 0.929 bits per heavy atom. The molecular weight excluding hydrogens is 416 g/mol. The Hall–Kier alpha value is -2.91. The van der Waals surface area contributed by atoms with Crippen LogP contribution in [0.3, 0.4) is 0 Å². The molecule has 0 bridgehead atoms. The zero-order chi connectivity index (χ0) is 20.4. The molecule has 0 aliphatic carbocycles. The second kappa shape index (κ2) is 10.4. The van der Waals surface area contributed by atoms with Crippen LogP contribution < -0.4 is 0 Å². The topological polar surface area (TPSA) is 107 Å². The Kier molecular flexibility index (Phi) is 7.97. The molecule has 0 aliphatic heterocycles. The number of hydrogen-bond acceptors (Lipinski definition) is 7. The minimum absolute atomic E-state index is 0.212. The lowest BCUT2D eigenvalue weighted by Crippen LogP contribution is -1.94. The molecule has 2 aromatic heterocycles. The number of benzene rings is 1.